The van der Waals surface area contributed by atoms with E-state index in [0.717, 1.165) is 71.7 Å². The number of benzene rings is 10. The van der Waals surface area contributed by atoms with Gasteiger partial charge < -0.3 is 4.42 Å². The molecule has 294 valence electrons. The van der Waals surface area contributed by atoms with E-state index in [0.29, 0.717) is 17.5 Å². The summed E-state index contributed by atoms with van der Waals surface area (Å²) in [5, 5.41) is 6.60. The standard InChI is InChI=1S/C59H37N3O/c1-4-14-38(15-5-1)40-26-28-42(29-27-40)57-60-58(46-33-32-44-36-43(30-31-45(44)37-46)39-16-6-2-7-17-39)62-59(61-57)53-24-13-25-54-55(53)52-23-12-22-51(56(52)63-54)50-35-34-47(41-18-8-3-9-19-41)48-20-10-11-21-49(48)50/h1-37H. The highest BCUT2D eigenvalue weighted by atomic mass is 16.3. The van der Waals surface area contributed by atoms with Gasteiger partial charge in [-0.05, 0) is 78.7 Å². The van der Waals surface area contributed by atoms with Crippen molar-refractivity contribution < 1.29 is 4.42 Å². The highest BCUT2D eigenvalue weighted by molar-refractivity contribution is 6.17. The van der Waals surface area contributed by atoms with Crippen molar-refractivity contribution >= 4 is 43.5 Å². The van der Waals surface area contributed by atoms with Gasteiger partial charge in [0.05, 0.1) is 0 Å². The molecule has 12 rings (SSSR count). The summed E-state index contributed by atoms with van der Waals surface area (Å²) in [5.41, 5.74) is 13.5. The van der Waals surface area contributed by atoms with Crippen LogP contribution < -0.4 is 0 Å². The number of aromatic nitrogens is 3. The van der Waals surface area contributed by atoms with Crippen molar-refractivity contribution in [3.05, 3.63) is 224 Å². The third kappa shape index (κ3) is 6.53. The minimum Gasteiger partial charge on any atom is -0.455 e. The first-order valence-electron chi connectivity index (χ1n) is 21.3. The van der Waals surface area contributed by atoms with E-state index in [9.17, 15) is 0 Å². The van der Waals surface area contributed by atoms with E-state index >= 15 is 0 Å². The van der Waals surface area contributed by atoms with Crippen molar-refractivity contribution in [3.8, 4) is 78.7 Å². The molecular weight excluding hydrogens is 767 g/mol. The van der Waals surface area contributed by atoms with Crippen molar-refractivity contribution in [1.29, 1.82) is 0 Å². The Morgan fingerprint density at radius 3 is 1.46 bits per heavy atom. The van der Waals surface area contributed by atoms with Gasteiger partial charge in [0.2, 0.25) is 0 Å². The van der Waals surface area contributed by atoms with E-state index in [1.165, 1.54) is 33.0 Å². The Morgan fingerprint density at radius 2 is 0.746 bits per heavy atom. The largest absolute Gasteiger partial charge is 0.455 e. The van der Waals surface area contributed by atoms with Crippen LogP contribution in [0.2, 0.25) is 0 Å². The first kappa shape index (κ1) is 36.4. The molecule has 2 aromatic heterocycles. The van der Waals surface area contributed by atoms with Crippen molar-refractivity contribution in [1.82, 2.24) is 15.0 Å². The number of para-hydroxylation sites is 1. The number of nitrogens with zero attached hydrogens (tertiary/aromatic N) is 3. The summed E-state index contributed by atoms with van der Waals surface area (Å²) in [7, 11) is 0. The van der Waals surface area contributed by atoms with Crippen LogP contribution in [0.15, 0.2) is 229 Å². The van der Waals surface area contributed by atoms with Gasteiger partial charge in [-0.3, -0.25) is 0 Å². The molecule has 0 atom stereocenters. The lowest BCUT2D eigenvalue weighted by Crippen LogP contribution is -2.00. The molecule has 0 spiro atoms. The van der Waals surface area contributed by atoms with E-state index in [4.69, 9.17) is 19.4 Å². The van der Waals surface area contributed by atoms with Gasteiger partial charge in [-0.15, -0.1) is 0 Å². The normalized spacial score (nSPS) is 11.5. The third-order valence-electron chi connectivity index (χ3n) is 12.2. The first-order valence-corrected chi connectivity index (χ1v) is 21.3. The van der Waals surface area contributed by atoms with Gasteiger partial charge in [-0.1, -0.05) is 206 Å². The second kappa shape index (κ2) is 15.2. The zero-order valence-electron chi connectivity index (χ0n) is 34.1. The Balaban J connectivity index is 1.02. The summed E-state index contributed by atoms with van der Waals surface area (Å²) in [6.45, 7) is 0. The molecule has 0 N–H and O–H groups in total. The molecule has 12 aromatic rings. The van der Waals surface area contributed by atoms with Gasteiger partial charge >= 0.3 is 0 Å². The molecule has 0 aliphatic rings. The van der Waals surface area contributed by atoms with Gasteiger partial charge in [0, 0.05) is 33.0 Å². The molecule has 4 nitrogen and oxygen atoms in total. The molecule has 2 heterocycles. The van der Waals surface area contributed by atoms with Crippen molar-refractivity contribution in [2.45, 2.75) is 0 Å². The highest BCUT2D eigenvalue weighted by Crippen LogP contribution is 2.43. The van der Waals surface area contributed by atoms with Crippen LogP contribution in [0, 0.1) is 0 Å². The van der Waals surface area contributed by atoms with Crippen LogP contribution in [0.3, 0.4) is 0 Å². The Bertz CT molecular complexity index is 3650. The Hall–Kier alpha value is -8.47. The maximum atomic E-state index is 6.87. The minimum absolute atomic E-state index is 0.582. The van der Waals surface area contributed by atoms with Gasteiger partial charge in [0.15, 0.2) is 17.5 Å². The molecule has 0 amide bonds. The van der Waals surface area contributed by atoms with Crippen LogP contribution in [-0.4, -0.2) is 15.0 Å². The molecule has 0 aliphatic carbocycles. The van der Waals surface area contributed by atoms with E-state index in [-0.39, 0.29) is 0 Å². The van der Waals surface area contributed by atoms with E-state index in [1.54, 1.807) is 0 Å². The van der Waals surface area contributed by atoms with Crippen LogP contribution in [0.1, 0.15) is 0 Å². The van der Waals surface area contributed by atoms with Gasteiger partial charge in [-0.25, -0.2) is 15.0 Å². The predicted molar refractivity (Wildman–Crippen MR) is 260 cm³/mol. The van der Waals surface area contributed by atoms with Crippen molar-refractivity contribution in [3.63, 3.8) is 0 Å². The fraction of sp³-hybridized carbons (Fsp3) is 0. The van der Waals surface area contributed by atoms with Crippen LogP contribution in [0.5, 0.6) is 0 Å². The summed E-state index contributed by atoms with van der Waals surface area (Å²) in [5.74, 6) is 1.79. The number of furan rings is 1. The molecule has 0 radical (unpaired) electrons. The zero-order valence-corrected chi connectivity index (χ0v) is 34.1. The topological polar surface area (TPSA) is 51.8 Å². The number of rotatable bonds is 7. The summed E-state index contributed by atoms with van der Waals surface area (Å²) in [6, 6.07) is 78.7. The Morgan fingerprint density at radius 1 is 0.270 bits per heavy atom. The smallest absolute Gasteiger partial charge is 0.164 e. The maximum absolute atomic E-state index is 6.87. The van der Waals surface area contributed by atoms with Crippen LogP contribution >= 0.6 is 0 Å². The average molecular weight is 804 g/mol. The summed E-state index contributed by atoms with van der Waals surface area (Å²) in [4.78, 5) is 15.7. The summed E-state index contributed by atoms with van der Waals surface area (Å²) >= 11 is 0. The fourth-order valence-electron chi connectivity index (χ4n) is 9.04. The molecule has 0 saturated carbocycles. The zero-order chi connectivity index (χ0) is 41.7. The third-order valence-corrected chi connectivity index (χ3v) is 12.2. The monoisotopic (exact) mass is 803 g/mol. The summed E-state index contributed by atoms with van der Waals surface area (Å²) in [6.07, 6.45) is 0. The Kier molecular flexibility index (Phi) is 8.79. The maximum Gasteiger partial charge on any atom is 0.164 e. The molecule has 4 heteroatoms. The number of fused-ring (bicyclic) bond motifs is 5. The number of hydrogen-bond donors (Lipinski definition) is 0. The minimum atomic E-state index is 0.582. The quantitative estimate of drug-likeness (QED) is 0.161. The molecule has 0 saturated heterocycles. The van der Waals surface area contributed by atoms with Crippen LogP contribution in [0.4, 0.5) is 0 Å². The molecule has 0 aliphatic heterocycles. The lowest BCUT2D eigenvalue weighted by Gasteiger charge is -2.12. The number of hydrogen-bond acceptors (Lipinski definition) is 4. The van der Waals surface area contributed by atoms with Gasteiger partial charge in [0.25, 0.3) is 0 Å². The Labute approximate surface area is 364 Å². The average Bonchev–Trinajstić information content (AvgIpc) is 3.76. The predicted octanol–water partition coefficient (Wildman–Crippen LogP) is 15.7. The van der Waals surface area contributed by atoms with Crippen LogP contribution in [0.25, 0.3) is 122 Å². The molecule has 10 aromatic carbocycles. The van der Waals surface area contributed by atoms with Crippen molar-refractivity contribution in [2.24, 2.45) is 0 Å². The summed E-state index contributed by atoms with van der Waals surface area (Å²) < 4.78 is 6.87. The first-order chi connectivity index (χ1) is 31.2. The van der Waals surface area contributed by atoms with Gasteiger partial charge in [0.1, 0.15) is 11.2 Å². The van der Waals surface area contributed by atoms with E-state index < -0.39 is 0 Å². The SMILES string of the molecule is c1ccc(-c2ccc(-c3nc(-c4ccc5cc(-c6ccccc6)ccc5c4)nc(-c4cccc5oc6c(-c7ccc(-c8ccccc8)c8ccccc78)cccc6c45)n3)cc2)cc1. The second-order valence-electron chi connectivity index (χ2n) is 15.9. The molecule has 0 unspecified atom stereocenters. The van der Waals surface area contributed by atoms with Crippen molar-refractivity contribution in [2.75, 3.05) is 0 Å². The molecule has 63 heavy (non-hydrogen) atoms. The van der Waals surface area contributed by atoms with Gasteiger partial charge in [-0.2, -0.15) is 0 Å². The van der Waals surface area contributed by atoms with E-state index in [1.807, 2.05) is 24.3 Å². The molecule has 0 bridgehead atoms. The second-order valence-corrected chi connectivity index (χ2v) is 15.9. The highest BCUT2D eigenvalue weighted by Gasteiger charge is 2.21. The van der Waals surface area contributed by atoms with Crippen LogP contribution in [-0.2, 0) is 0 Å². The lowest BCUT2D eigenvalue weighted by molar-refractivity contribution is 0.670. The lowest BCUT2D eigenvalue weighted by atomic mass is 9.91. The molecule has 0 fully saturated rings. The molecular formula is C59H37N3O. The van der Waals surface area contributed by atoms with E-state index in [2.05, 4.69) is 200 Å². The fourth-order valence-corrected chi connectivity index (χ4v) is 9.04.